The first-order valence-corrected chi connectivity index (χ1v) is 7.15. The van der Waals surface area contributed by atoms with Gasteiger partial charge in [-0.3, -0.25) is 0 Å². The maximum Gasteiger partial charge on any atom is 0.125 e. The fourth-order valence-electron chi connectivity index (χ4n) is 2.69. The van der Waals surface area contributed by atoms with Crippen LogP contribution in [0, 0.1) is 0 Å². The van der Waals surface area contributed by atoms with Crippen molar-refractivity contribution in [2.24, 2.45) is 0 Å². The van der Waals surface area contributed by atoms with Crippen LogP contribution in [0.15, 0.2) is 12.4 Å². The van der Waals surface area contributed by atoms with Crippen molar-refractivity contribution in [1.29, 1.82) is 0 Å². The summed E-state index contributed by atoms with van der Waals surface area (Å²) < 4.78 is 8.00. The first kappa shape index (κ1) is 13.6. The van der Waals surface area contributed by atoms with Crippen LogP contribution in [0.4, 0.5) is 0 Å². The van der Waals surface area contributed by atoms with E-state index in [1.807, 2.05) is 13.2 Å². The van der Waals surface area contributed by atoms with Crippen LogP contribution in [-0.2, 0) is 11.3 Å². The Hall–Kier alpha value is -0.870. The van der Waals surface area contributed by atoms with E-state index in [2.05, 4.69) is 28.0 Å². The summed E-state index contributed by atoms with van der Waals surface area (Å²) in [6, 6.07) is 0.338. The fraction of sp³-hybridized carbons (Fsp3) is 0.786. The second kappa shape index (κ2) is 6.90. The summed E-state index contributed by atoms with van der Waals surface area (Å²) in [5, 5.41) is 3.38. The molecular weight excluding hydrogens is 226 g/mol. The van der Waals surface area contributed by atoms with Gasteiger partial charge >= 0.3 is 0 Å². The molecule has 0 saturated carbocycles. The van der Waals surface area contributed by atoms with E-state index >= 15 is 0 Å². The number of aromatic nitrogens is 2. The first-order chi connectivity index (χ1) is 8.85. The Bertz CT molecular complexity index is 345. The van der Waals surface area contributed by atoms with Crippen molar-refractivity contribution in [2.75, 3.05) is 13.7 Å². The van der Waals surface area contributed by atoms with E-state index in [4.69, 9.17) is 4.74 Å². The Balaban J connectivity index is 1.88. The quantitative estimate of drug-likeness (QED) is 0.844. The highest BCUT2D eigenvalue weighted by molar-refractivity contribution is 4.99. The highest BCUT2D eigenvalue weighted by atomic mass is 16.5. The monoisotopic (exact) mass is 251 g/mol. The molecule has 102 valence electrons. The van der Waals surface area contributed by atoms with Gasteiger partial charge in [-0.15, -0.1) is 0 Å². The summed E-state index contributed by atoms with van der Waals surface area (Å²) in [7, 11) is 2.01. The van der Waals surface area contributed by atoms with Gasteiger partial charge in [0.1, 0.15) is 5.82 Å². The van der Waals surface area contributed by atoms with Crippen LogP contribution in [0.2, 0.25) is 0 Å². The van der Waals surface area contributed by atoms with Crippen molar-refractivity contribution in [3.8, 4) is 0 Å². The normalized spacial score (nSPS) is 22.0. The SMILES string of the molecule is CCn1ccnc1C(CCC1CCCCO1)NC. The van der Waals surface area contributed by atoms with Crippen molar-refractivity contribution < 1.29 is 4.74 Å². The van der Waals surface area contributed by atoms with Gasteiger partial charge < -0.3 is 14.6 Å². The van der Waals surface area contributed by atoms with Gasteiger partial charge in [-0.2, -0.15) is 0 Å². The predicted octanol–water partition coefficient (Wildman–Crippen LogP) is 2.51. The summed E-state index contributed by atoms with van der Waals surface area (Å²) in [6.45, 7) is 4.08. The third-order valence-electron chi connectivity index (χ3n) is 3.80. The maximum absolute atomic E-state index is 5.79. The molecule has 0 bridgehead atoms. The molecule has 1 aliphatic heterocycles. The van der Waals surface area contributed by atoms with Gasteiger partial charge in [0.15, 0.2) is 0 Å². The Morgan fingerprint density at radius 3 is 3.11 bits per heavy atom. The zero-order valence-electron chi connectivity index (χ0n) is 11.6. The minimum absolute atomic E-state index is 0.338. The average Bonchev–Trinajstić information content (AvgIpc) is 2.89. The molecule has 4 heteroatoms. The van der Waals surface area contributed by atoms with Crippen LogP contribution in [0.5, 0.6) is 0 Å². The van der Waals surface area contributed by atoms with E-state index in [1.165, 1.54) is 19.3 Å². The Morgan fingerprint density at radius 2 is 2.44 bits per heavy atom. The number of nitrogens with one attached hydrogen (secondary N) is 1. The molecule has 2 atom stereocenters. The third-order valence-corrected chi connectivity index (χ3v) is 3.80. The van der Waals surface area contributed by atoms with Crippen molar-refractivity contribution in [2.45, 2.75) is 57.7 Å². The van der Waals surface area contributed by atoms with Gasteiger partial charge in [-0.1, -0.05) is 0 Å². The number of hydrogen-bond acceptors (Lipinski definition) is 3. The molecule has 1 aliphatic rings. The summed E-state index contributed by atoms with van der Waals surface area (Å²) in [4.78, 5) is 4.48. The van der Waals surface area contributed by atoms with Gasteiger partial charge in [-0.05, 0) is 46.1 Å². The van der Waals surface area contributed by atoms with Gasteiger partial charge in [0, 0.05) is 25.5 Å². The molecule has 0 aliphatic carbocycles. The second-order valence-corrected chi connectivity index (χ2v) is 4.98. The smallest absolute Gasteiger partial charge is 0.125 e. The van der Waals surface area contributed by atoms with Crippen LogP contribution in [0.1, 0.15) is 50.9 Å². The molecule has 0 radical (unpaired) electrons. The maximum atomic E-state index is 5.79. The fourth-order valence-corrected chi connectivity index (χ4v) is 2.69. The molecular formula is C14H25N3O. The number of hydrogen-bond donors (Lipinski definition) is 1. The van der Waals surface area contributed by atoms with E-state index in [9.17, 15) is 0 Å². The first-order valence-electron chi connectivity index (χ1n) is 7.15. The molecule has 1 aromatic rings. The van der Waals surface area contributed by atoms with Crippen molar-refractivity contribution in [3.63, 3.8) is 0 Å². The van der Waals surface area contributed by atoms with Gasteiger partial charge in [0.25, 0.3) is 0 Å². The number of ether oxygens (including phenoxy) is 1. The second-order valence-electron chi connectivity index (χ2n) is 4.98. The van der Waals surface area contributed by atoms with Gasteiger partial charge in [-0.25, -0.2) is 4.98 Å². The Labute approximate surface area is 110 Å². The van der Waals surface area contributed by atoms with Crippen LogP contribution in [0.25, 0.3) is 0 Å². The zero-order chi connectivity index (χ0) is 12.8. The predicted molar refractivity (Wildman–Crippen MR) is 72.5 cm³/mol. The standard InChI is InChI=1S/C14H25N3O/c1-3-17-10-9-16-14(17)13(15-2)8-7-12-6-4-5-11-18-12/h9-10,12-13,15H,3-8,11H2,1-2H3. The van der Waals surface area contributed by atoms with E-state index in [0.717, 1.165) is 31.8 Å². The molecule has 18 heavy (non-hydrogen) atoms. The number of rotatable bonds is 6. The summed E-state index contributed by atoms with van der Waals surface area (Å²) in [5.74, 6) is 1.15. The molecule has 0 amide bonds. The van der Waals surface area contributed by atoms with Gasteiger partial charge in [0.2, 0.25) is 0 Å². The lowest BCUT2D eigenvalue weighted by Gasteiger charge is -2.24. The summed E-state index contributed by atoms with van der Waals surface area (Å²) in [6.07, 6.45) is 10.4. The van der Waals surface area contributed by atoms with E-state index in [0.29, 0.717) is 12.1 Å². The molecule has 1 saturated heterocycles. The zero-order valence-corrected chi connectivity index (χ0v) is 11.6. The summed E-state index contributed by atoms with van der Waals surface area (Å²) >= 11 is 0. The van der Waals surface area contributed by atoms with Crippen molar-refractivity contribution in [1.82, 2.24) is 14.9 Å². The molecule has 1 aromatic heterocycles. The van der Waals surface area contributed by atoms with Gasteiger partial charge in [0.05, 0.1) is 12.1 Å². The number of nitrogens with zero attached hydrogens (tertiary/aromatic N) is 2. The number of aryl methyl sites for hydroxylation is 1. The molecule has 1 N–H and O–H groups in total. The van der Waals surface area contributed by atoms with Crippen LogP contribution in [-0.4, -0.2) is 29.3 Å². The molecule has 1 fully saturated rings. The molecule has 2 heterocycles. The lowest BCUT2D eigenvalue weighted by molar-refractivity contribution is 0.00848. The summed E-state index contributed by atoms with van der Waals surface area (Å²) in [5.41, 5.74) is 0. The van der Waals surface area contributed by atoms with Crippen LogP contribution < -0.4 is 5.32 Å². The Morgan fingerprint density at radius 1 is 1.56 bits per heavy atom. The van der Waals surface area contributed by atoms with Crippen LogP contribution in [0.3, 0.4) is 0 Å². The average molecular weight is 251 g/mol. The Kier molecular flexibility index (Phi) is 5.20. The largest absolute Gasteiger partial charge is 0.378 e. The molecule has 0 spiro atoms. The van der Waals surface area contributed by atoms with E-state index in [-0.39, 0.29) is 0 Å². The van der Waals surface area contributed by atoms with Crippen molar-refractivity contribution in [3.05, 3.63) is 18.2 Å². The number of imidazole rings is 1. The van der Waals surface area contributed by atoms with E-state index < -0.39 is 0 Å². The highest BCUT2D eigenvalue weighted by Gasteiger charge is 2.19. The lowest BCUT2D eigenvalue weighted by Crippen LogP contribution is -2.25. The van der Waals surface area contributed by atoms with Crippen LogP contribution >= 0.6 is 0 Å². The minimum Gasteiger partial charge on any atom is -0.378 e. The highest BCUT2D eigenvalue weighted by Crippen LogP contribution is 2.22. The lowest BCUT2D eigenvalue weighted by atomic mass is 10.0. The topological polar surface area (TPSA) is 39.1 Å². The minimum atomic E-state index is 0.338. The molecule has 2 unspecified atom stereocenters. The van der Waals surface area contributed by atoms with E-state index in [1.54, 1.807) is 0 Å². The molecule has 0 aromatic carbocycles. The van der Waals surface area contributed by atoms with Crippen molar-refractivity contribution >= 4 is 0 Å². The molecule has 4 nitrogen and oxygen atoms in total. The third kappa shape index (κ3) is 3.33. The molecule has 2 rings (SSSR count).